The number of carboxylic acid groups (broad SMARTS) is 1. The van der Waals surface area contributed by atoms with Crippen LogP contribution in [0, 0.1) is 0 Å². The summed E-state index contributed by atoms with van der Waals surface area (Å²) < 4.78 is 12.4. The predicted octanol–water partition coefficient (Wildman–Crippen LogP) is -4.90. The normalized spacial score (nSPS) is 35.4. The van der Waals surface area contributed by atoms with Gasteiger partial charge in [0, 0.05) is 6.42 Å². The van der Waals surface area contributed by atoms with E-state index in [2.05, 4.69) is 0 Å². The van der Waals surface area contributed by atoms with E-state index < -0.39 is 67.8 Å². The maximum atomic E-state index is 11.4. The minimum atomic E-state index is -2.96. The molecule has 0 aliphatic carbocycles. The van der Waals surface area contributed by atoms with Crippen LogP contribution in [0.15, 0.2) is 0 Å². The summed E-state index contributed by atoms with van der Waals surface area (Å²) in [6.45, 7) is -2.22. The molecule has 0 spiro atoms. The Hall–Kier alpha value is -1.34. The molecule has 11 nitrogen and oxygen atoms in total. The van der Waals surface area contributed by atoms with E-state index in [-0.39, 0.29) is 5.31 Å². The number of carbonyl (C=O) groups is 2. The first-order chi connectivity index (χ1) is 10.6. The second kappa shape index (κ2) is 7.28. The Morgan fingerprint density at radius 1 is 1.41 bits per heavy atom. The Morgan fingerprint density at radius 2 is 2.00 bits per heavy atom. The van der Waals surface area contributed by atoms with Crippen molar-refractivity contribution in [1.82, 2.24) is 5.31 Å². The number of aliphatic hydroxyl groups is 6. The molecule has 6 atom stereocenters. The number of ether oxygens (including phenoxy) is 1. The molecule has 1 heterocycles. The molecule has 0 aromatic rings. The lowest BCUT2D eigenvalue weighted by atomic mass is 9.86. The zero-order valence-corrected chi connectivity index (χ0v) is 11.3. The lowest BCUT2D eigenvalue weighted by Crippen LogP contribution is -2.73. The van der Waals surface area contributed by atoms with Crippen LogP contribution in [0.25, 0.3) is 0 Å². The number of amides is 1. The zero-order chi connectivity index (χ0) is 17.9. The fraction of sp³-hybridized carbons (Fsp3) is 0.818. The number of carbonyl (C=O) groups excluding carboxylic acids is 1. The third-order valence-corrected chi connectivity index (χ3v) is 3.26. The van der Waals surface area contributed by atoms with Crippen LogP contribution in [-0.4, -0.2) is 97.1 Å². The first-order valence-corrected chi connectivity index (χ1v) is 6.29. The number of carboxylic acids is 1. The molecule has 1 unspecified atom stereocenters. The van der Waals surface area contributed by atoms with Crippen molar-refractivity contribution >= 4 is 11.9 Å². The summed E-state index contributed by atoms with van der Waals surface area (Å²) in [5.74, 6) is -2.92. The highest BCUT2D eigenvalue weighted by molar-refractivity contribution is 5.78. The molecule has 0 saturated carbocycles. The second-order valence-electron chi connectivity index (χ2n) is 4.82. The number of rotatable bonds is 6. The maximum absolute atomic E-state index is 11.4. The molecular formula is C11H19NO10. The SMILES string of the molecule is [2H]N(C(=O)CO)[C@@]1(O)[C@@H](O)CC(C(=O)O)O[C@H]1[C@H](O)[C@H](O)CO. The molecule has 1 amide bonds. The molecule has 8 N–H and O–H groups in total. The van der Waals surface area contributed by atoms with Crippen LogP contribution < -0.4 is 5.31 Å². The molecule has 0 bridgehead atoms. The molecule has 0 aromatic heterocycles. The topological polar surface area (TPSA) is 197 Å². The van der Waals surface area contributed by atoms with Crippen LogP contribution in [0.1, 0.15) is 6.42 Å². The standard InChI is InChI=1S/C11H19NO10/c13-2-4(15)8(18)9-11(21,12-7(17)3-14)6(16)1-5(22-9)10(19)20/h4-6,8-9,13-16,18,21H,1-3H2,(H,12,17)(H,19,20)/t4-,5?,6+,8-,9+,11-/m1/s1/i/hD. The van der Waals surface area contributed by atoms with Gasteiger partial charge < -0.3 is 45.8 Å². The van der Waals surface area contributed by atoms with E-state index in [0.29, 0.717) is 0 Å². The second-order valence-corrected chi connectivity index (χ2v) is 4.82. The molecule has 11 heteroatoms. The summed E-state index contributed by atoms with van der Waals surface area (Å²) in [6, 6.07) is 0. The molecule has 0 radical (unpaired) electrons. The van der Waals surface area contributed by atoms with Crippen molar-refractivity contribution in [1.29, 1.82) is 0 Å². The third-order valence-electron chi connectivity index (χ3n) is 3.26. The Labute approximate surface area is 125 Å². The number of aliphatic hydroxyl groups excluding tert-OH is 5. The van der Waals surface area contributed by atoms with E-state index in [0.717, 1.165) is 0 Å². The van der Waals surface area contributed by atoms with Crippen LogP contribution in [0.2, 0.25) is 1.41 Å². The van der Waals surface area contributed by atoms with E-state index in [1.165, 1.54) is 0 Å². The van der Waals surface area contributed by atoms with Gasteiger partial charge in [-0.2, -0.15) is 0 Å². The van der Waals surface area contributed by atoms with Gasteiger partial charge in [-0.05, 0) is 0 Å². The Bertz CT molecular complexity index is 451. The van der Waals surface area contributed by atoms with Crippen molar-refractivity contribution < 1.29 is 51.5 Å². The zero-order valence-electron chi connectivity index (χ0n) is 12.3. The fourth-order valence-corrected chi connectivity index (χ4v) is 2.07. The summed E-state index contributed by atoms with van der Waals surface area (Å²) in [5.41, 5.74) is -2.96. The first-order valence-electron chi connectivity index (χ1n) is 6.74. The number of aliphatic carboxylic acids is 1. The van der Waals surface area contributed by atoms with Crippen LogP contribution in [0.5, 0.6) is 0 Å². The number of hydrogen-bond donors (Lipinski definition) is 8. The number of nitrogens with one attached hydrogen (secondary N) is 1. The molecule has 1 fully saturated rings. The maximum Gasteiger partial charge on any atom is 0.332 e. The van der Waals surface area contributed by atoms with Crippen LogP contribution >= 0.6 is 0 Å². The summed E-state index contributed by atoms with van der Waals surface area (Å²) in [6.07, 6.45) is -10.7. The highest BCUT2D eigenvalue weighted by atomic mass is 16.6. The van der Waals surface area contributed by atoms with Gasteiger partial charge in [0.25, 0.3) is 0 Å². The van der Waals surface area contributed by atoms with Crippen LogP contribution in [-0.2, 0) is 14.3 Å². The summed E-state index contributed by atoms with van der Waals surface area (Å²) in [5, 5.41) is 66.1. The fourth-order valence-electron chi connectivity index (χ4n) is 2.07. The largest absolute Gasteiger partial charge is 0.479 e. The highest BCUT2D eigenvalue weighted by Gasteiger charge is 2.56. The van der Waals surface area contributed by atoms with E-state index >= 15 is 0 Å². The van der Waals surface area contributed by atoms with Gasteiger partial charge in [-0.25, -0.2) is 4.79 Å². The van der Waals surface area contributed by atoms with Crippen molar-refractivity contribution in [2.24, 2.45) is 0 Å². The first kappa shape index (κ1) is 17.0. The van der Waals surface area contributed by atoms with Crippen LogP contribution in [0.3, 0.4) is 0 Å². The minimum absolute atomic E-state index is 0.256. The summed E-state index contributed by atoms with van der Waals surface area (Å²) in [7, 11) is 0. The van der Waals surface area contributed by atoms with Gasteiger partial charge in [0.15, 0.2) is 13.2 Å². The van der Waals surface area contributed by atoms with Gasteiger partial charge in [-0.15, -0.1) is 0 Å². The van der Waals surface area contributed by atoms with Crippen molar-refractivity contribution in [3.63, 3.8) is 0 Å². The Kier molecular flexibility index (Phi) is 5.63. The highest BCUT2D eigenvalue weighted by Crippen LogP contribution is 2.31. The van der Waals surface area contributed by atoms with E-state index in [9.17, 15) is 30.0 Å². The molecule has 0 aromatic carbocycles. The quantitative estimate of drug-likeness (QED) is 0.219. The van der Waals surface area contributed by atoms with Gasteiger partial charge >= 0.3 is 5.97 Å². The van der Waals surface area contributed by atoms with E-state index in [1.54, 1.807) is 0 Å². The molecule has 1 rings (SSSR count). The smallest absolute Gasteiger partial charge is 0.332 e. The summed E-state index contributed by atoms with van der Waals surface area (Å²) >= 11 is 0. The lowest BCUT2D eigenvalue weighted by Gasteiger charge is -2.47. The van der Waals surface area contributed by atoms with Gasteiger partial charge in [-0.1, -0.05) is 0 Å². The van der Waals surface area contributed by atoms with Gasteiger partial charge in [0.1, 0.15) is 31.0 Å². The average Bonchev–Trinajstić information content (AvgIpc) is 2.53. The van der Waals surface area contributed by atoms with Crippen molar-refractivity contribution in [3.05, 3.63) is 0 Å². The van der Waals surface area contributed by atoms with E-state index in [4.69, 9.17) is 21.5 Å². The Balaban J connectivity index is 3.26. The minimum Gasteiger partial charge on any atom is -0.479 e. The molecule has 1 aliphatic heterocycles. The monoisotopic (exact) mass is 326 g/mol. The third kappa shape index (κ3) is 3.70. The van der Waals surface area contributed by atoms with Crippen molar-refractivity contribution in [2.75, 3.05) is 13.2 Å². The average molecular weight is 326 g/mol. The van der Waals surface area contributed by atoms with Crippen molar-refractivity contribution in [3.8, 4) is 0 Å². The Morgan fingerprint density at radius 3 is 2.45 bits per heavy atom. The molecule has 1 aliphatic rings. The van der Waals surface area contributed by atoms with Gasteiger partial charge in [-0.3, -0.25) is 4.79 Å². The van der Waals surface area contributed by atoms with Crippen molar-refractivity contribution in [2.45, 2.75) is 42.7 Å². The molecule has 22 heavy (non-hydrogen) atoms. The number of hydrogen-bond acceptors (Lipinski definition) is 9. The molecule has 1 saturated heterocycles. The molecular weight excluding hydrogens is 306 g/mol. The van der Waals surface area contributed by atoms with Crippen LogP contribution in [0.4, 0.5) is 0 Å². The van der Waals surface area contributed by atoms with Gasteiger partial charge in [0.05, 0.1) is 6.61 Å². The summed E-state index contributed by atoms with van der Waals surface area (Å²) in [4.78, 5) is 22.4. The lowest BCUT2D eigenvalue weighted by molar-refractivity contribution is -0.272. The molecule has 128 valence electrons. The predicted molar refractivity (Wildman–Crippen MR) is 66.2 cm³/mol. The van der Waals surface area contributed by atoms with Gasteiger partial charge in [0.2, 0.25) is 5.91 Å². The van der Waals surface area contributed by atoms with E-state index in [1.807, 2.05) is 0 Å².